The van der Waals surface area contributed by atoms with Crippen molar-refractivity contribution < 1.29 is 18.7 Å². The number of esters is 1. The predicted octanol–water partition coefficient (Wildman–Crippen LogP) is 3.18. The zero-order chi connectivity index (χ0) is 18.2. The minimum Gasteiger partial charge on any atom is -0.466 e. The lowest BCUT2D eigenvalue weighted by Crippen LogP contribution is -2.30. The second kappa shape index (κ2) is 9.53. The van der Waals surface area contributed by atoms with Crippen molar-refractivity contribution in [2.45, 2.75) is 36.4 Å². The number of benzene rings is 1. The van der Waals surface area contributed by atoms with Crippen LogP contribution in [-0.4, -0.2) is 28.7 Å². The Bertz CT molecular complexity index is 719. The SMILES string of the molecule is CCOC(=O)Cc1csc(SC(C)C(=O)NCc2ccc(F)cc2)n1. The molecule has 1 heterocycles. The molecule has 2 aromatic rings. The van der Waals surface area contributed by atoms with Gasteiger partial charge in [-0.2, -0.15) is 0 Å². The van der Waals surface area contributed by atoms with Gasteiger partial charge in [0.05, 0.1) is 24.0 Å². The molecule has 0 aliphatic carbocycles. The number of ether oxygens (including phenoxy) is 1. The molecule has 0 saturated carbocycles. The van der Waals surface area contributed by atoms with Crippen LogP contribution in [0.25, 0.3) is 0 Å². The number of nitrogens with one attached hydrogen (secondary N) is 1. The largest absolute Gasteiger partial charge is 0.466 e. The summed E-state index contributed by atoms with van der Waals surface area (Å²) < 4.78 is 18.5. The monoisotopic (exact) mass is 382 g/mol. The maximum Gasteiger partial charge on any atom is 0.311 e. The third-order valence-electron chi connectivity index (χ3n) is 3.19. The molecule has 134 valence electrons. The van der Waals surface area contributed by atoms with Crippen molar-refractivity contribution in [3.63, 3.8) is 0 Å². The second-order valence-electron chi connectivity index (χ2n) is 5.19. The summed E-state index contributed by atoms with van der Waals surface area (Å²) in [5.74, 6) is -0.743. The van der Waals surface area contributed by atoms with E-state index in [2.05, 4.69) is 10.3 Å². The highest BCUT2D eigenvalue weighted by Crippen LogP contribution is 2.27. The lowest BCUT2D eigenvalue weighted by Gasteiger charge is -2.10. The van der Waals surface area contributed by atoms with Gasteiger partial charge in [0.25, 0.3) is 0 Å². The quantitative estimate of drug-likeness (QED) is 0.561. The van der Waals surface area contributed by atoms with E-state index in [9.17, 15) is 14.0 Å². The molecule has 0 fully saturated rings. The zero-order valence-electron chi connectivity index (χ0n) is 14.0. The van der Waals surface area contributed by atoms with Crippen LogP contribution in [0.1, 0.15) is 25.1 Å². The van der Waals surface area contributed by atoms with Gasteiger partial charge in [-0.25, -0.2) is 9.37 Å². The van der Waals surface area contributed by atoms with E-state index in [-0.39, 0.29) is 29.4 Å². The molecule has 0 bridgehead atoms. The normalized spacial score (nSPS) is 11.8. The van der Waals surface area contributed by atoms with E-state index in [1.54, 1.807) is 31.4 Å². The molecule has 0 aliphatic heterocycles. The van der Waals surface area contributed by atoms with E-state index in [0.29, 0.717) is 18.8 Å². The molecule has 0 saturated heterocycles. The summed E-state index contributed by atoms with van der Waals surface area (Å²) in [5, 5.41) is 4.28. The van der Waals surface area contributed by atoms with Gasteiger partial charge >= 0.3 is 5.97 Å². The Kier molecular flexibility index (Phi) is 7.39. The van der Waals surface area contributed by atoms with Crippen LogP contribution < -0.4 is 5.32 Å². The van der Waals surface area contributed by atoms with Gasteiger partial charge in [-0.3, -0.25) is 9.59 Å². The number of carbonyl (C=O) groups excluding carboxylic acids is 2. The standard InChI is InChI=1S/C17H19FN2O3S2/c1-3-23-15(21)8-14-10-24-17(20-14)25-11(2)16(22)19-9-12-4-6-13(18)7-5-12/h4-7,10-11H,3,8-9H2,1-2H3,(H,19,22). The first-order chi connectivity index (χ1) is 12.0. The van der Waals surface area contributed by atoms with Crippen LogP contribution in [-0.2, 0) is 27.3 Å². The molecule has 25 heavy (non-hydrogen) atoms. The number of nitrogens with zero attached hydrogens (tertiary/aromatic N) is 1. The Balaban J connectivity index is 1.81. The molecule has 5 nitrogen and oxygen atoms in total. The Hall–Kier alpha value is -1.93. The summed E-state index contributed by atoms with van der Waals surface area (Å²) in [7, 11) is 0. The van der Waals surface area contributed by atoms with Crippen molar-refractivity contribution in [2.75, 3.05) is 6.61 Å². The van der Waals surface area contributed by atoms with E-state index >= 15 is 0 Å². The van der Waals surface area contributed by atoms with E-state index in [4.69, 9.17) is 4.74 Å². The van der Waals surface area contributed by atoms with Gasteiger partial charge in [0.1, 0.15) is 5.82 Å². The maximum atomic E-state index is 12.9. The minimum absolute atomic E-state index is 0.128. The van der Waals surface area contributed by atoms with E-state index in [1.807, 2.05) is 0 Å². The summed E-state index contributed by atoms with van der Waals surface area (Å²) in [5.41, 5.74) is 1.47. The second-order valence-corrected chi connectivity index (χ2v) is 7.64. The Morgan fingerprint density at radius 3 is 2.76 bits per heavy atom. The molecular weight excluding hydrogens is 363 g/mol. The smallest absolute Gasteiger partial charge is 0.311 e. The number of halogens is 1. The van der Waals surface area contributed by atoms with Crippen LogP contribution >= 0.6 is 23.1 Å². The summed E-state index contributed by atoms with van der Waals surface area (Å²) >= 11 is 2.73. The van der Waals surface area contributed by atoms with Crippen LogP contribution in [0.3, 0.4) is 0 Å². The molecule has 0 aliphatic rings. The topological polar surface area (TPSA) is 68.3 Å². The molecule has 0 radical (unpaired) electrons. The number of carbonyl (C=O) groups is 2. The van der Waals surface area contributed by atoms with Crippen LogP contribution in [0.2, 0.25) is 0 Å². The summed E-state index contributed by atoms with van der Waals surface area (Å²) in [6.45, 7) is 4.23. The van der Waals surface area contributed by atoms with Gasteiger partial charge in [0.15, 0.2) is 4.34 Å². The fourth-order valence-electron chi connectivity index (χ4n) is 1.92. The molecule has 8 heteroatoms. The summed E-state index contributed by atoms with van der Waals surface area (Å²) in [4.78, 5) is 27.9. The predicted molar refractivity (Wildman–Crippen MR) is 96.0 cm³/mol. The van der Waals surface area contributed by atoms with E-state index in [0.717, 1.165) is 9.90 Å². The van der Waals surface area contributed by atoms with Crippen LogP contribution in [0.15, 0.2) is 34.0 Å². The molecule has 1 aromatic heterocycles. The van der Waals surface area contributed by atoms with Crippen molar-refractivity contribution in [2.24, 2.45) is 0 Å². The first-order valence-electron chi connectivity index (χ1n) is 7.76. The number of aromatic nitrogens is 1. The fraction of sp³-hybridized carbons (Fsp3) is 0.353. The lowest BCUT2D eigenvalue weighted by atomic mass is 10.2. The molecule has 1 unspecified atom stereocenters. The number of amides is 1. The molecule has 2 rings (SSSR count). The average molecular weight is 382 g/mol. The van der Waals surface area contributed by atoms with Gasteiger partial charge in [0, 0.05) is 11.9 Å². The van der Waals surface area contributed by atoms with Crippen LogP contribution in [0, 0.1) is 5.82 Å². The van der Waals surface area contributed by atoms with Gasteiger partial charge in [-0.05, 0) is 31.5 Å². The number of thioether (sulfide) groups is 1. The van der Waals surface area contributed by atoms with Gasteiger partial charge < -0.3 is 10.1 Å². The summed E-state index contributed by atoms with van der Waals surface area (Å²) in [6.07, 6.45) is 0.135. The molecule has 1 amide bonds. The first-order valence-corrected chi connectivity index (χ1v) is 9.52. The van der Waals surface area contributed by atoms with Crippen LogP contribution in [0.4, 0.5) is 4.39 Å². The zero-order valence-corrected chi connectivity index (χ0v) is 15.6. The fourth-order valence-corrected chi connectivity index (χ4v) is 3.93. The van der Waals surface area contributed by atoms with Gasteiger partial charge in [0.2, 0.25) is 5.91 Å². The van der Waals surface area contributed by atoms with E-state index < -0.39 is 0 Å². The third kappa shape index (κ3) is 6.47. The van der Waals surface area contributed by atoms with E-state index in [1.165, 1.54) is 35.2 Å². The highest BCUT2D eigenvalue weighted by molar-refractivity contribution is 8.02. The van der Waals surface area contributed by atoms with Crippen molar-refractivity contribution in [1.29, 1.82) is 0 Å². The van der Waals surface area contributed by atoms with Gasteiger partial charge in [-0.1, -0.05) is 23.9 Å². The lowest BCUT2D eigenvalue weighted by molar-refractivity contribution is -0.142. The molecular formula is C17H19FN2O3S2. The number of rotatable bonds is 8. The number of hydrogen-bond donors (Lipinski definition) is 1. The Morgan fingerprint density at radius 1 is 1.36 bits per heavy atom. The third-order valence-corrected chi connectivity index (χ3v) is 5.31. The van der Waals surface area contributed by atoms with Crippen molar-refractivity contribution in [3.8, 4) is 0 Å². The molecule has 1 N–H and O–H groups in total. The van der Waals surface area contributed by atoms with Crippen molar-refractivity contribution in [1.82, 2.24) is 10.3 Å². The van der Waals surface area contributed by atoms with Crippen molar-refractivity contribution >= 4 is 35.0 Å². The molecule has 1 atom stereocenters. The highest BCUT2D eigenvalue weighted by atomic mass is 32.2. The van der Waals surface area contributed by atoms with Crippen molar-refractivity contribution in [3.05, 3.63) is 46.7 Å². The van der Waals surface area contributed by atoms with Gasteiger partial charge in [-0.15, -0.1) is 11.3 Å². The summed E-state index contributed by atoms with van der Waals surface area (Å²) in [6, 6.07) is 5.99. The highest BCUT2D eigenvalue weighted by Gasteiger charge is 2.17. The van der Waals surface area contributed by atoms with Crippen LogP contribution in [0.5, 0.6) is 0 Å². The minimum atomic E-state index is -0.331. The number of hydrogen-bond acceptors (Lipinski definition) is 6. The average Bonchev–Trinajstić information content (AvgIpc) is 3.01. The molecule has 1 aromatic carbocycles. The Labute approximate surface area is 154 Å². The maximum absolute atomic E-state index is 12.9. The number of thiazole rings is 1. The molecule has 0 spiro atoms. The first kappa shape index (κ1) is 19.4. The Morgan fingerprint density at radius 2 is 2.08 bits per heavy atom.